The fourth-order valence-corrected chi connectivity index (χ4v) is 4.30. The summed E-state index contributed by atoms with van der Waals surface area (Å²) in [5, 5.41) is 14.8. The minimum atomic E-state index is -0.142. The summed E-state index contributed by atoms with van der Waals surface area (Å²) in [5.41, 5.74) is 11.6. The monoisotopic (exact) mass is 383 g/mol. The van der Waals surface area contributed by atoms with Crippen molar-refractivity contribution in [3.63, 3.8) is 0 Å². The van der Waals surface area contributed by atoms with Crippen molar-refractivity contribution >= 4 is 22.5 Å². The zero-order valence-corrected chi connectivity index (χ0v) is 16.1. The second-order valence-electron chi connectivity index (χ2n) is 7.88. The number of carbonyl (C=O) groups excluding carboxylic acids is 1. The normalized spacial score (nSPS) is 16.0. The Kier molecular flexibility index (Phi) is 3.92. The second-order valence-corrected chi connectivity index (χ2v) is 7.88. The van der Waals surface area contributed by atoms with E-state index >= 15 is 0 Å². The van der Waals surface area contributed by atoms with E-state index in [2.05, 4.69) is 34.6 Å². The van der Waals surface area contributed by atoms with Gasteiger partial charge >= 0.3 is 0 Å². The fraction of sp³-hybridized carbons (Fsp3) is 0.261. The van der Waals surface area contributed by atoms with E-state index in [9.17, 15) is 4.79 Å². The van der Waals surface area contributed by atoms with Crippen LogP contribution in [-0.2, 0) is 6.54 Å². The third-order valence-corrected chi connectivity index (χ3v) is 6.07. The van der Waals surface area contributed by atoms with E-state index in [-0.39, 0.29) is 12.5 Å². The SMILES string of the molecule is C=C(C#N)CN1Cc2c(-c3ccc4cnn(C5CCC5)c4c3)ccc(N)c2C1=O. The molecule has 2 aromatic carbocycles. The molecule has 0 saturated heterocycles. The molecule has 2 N–H and O–H groups in total. The van der Waals surface area contributed by atoms with Gasteiger partial charge in [-0.2, -0.15) is 10.4 Å². The van der Waals surface area contributed by atoms with Crippen LogP contribution in [0.4, 0.5) is 5.69 Å². The molecule has 1 amide bonds. The number of hydrogen-bond acceptors (Lipinski definition) is 4. The highest BCUT2D eigenvalue weighted by Gasteiger charge is 2.32. The number of nitrogens with two attached hydrogens (primary N) is 1. The number of aromatic nitrogens is 2. The molecule has 1 fully saturated rings. The molecule has 0 atom stereocenters. The number of benzene rings is 2. The molecule has 2 aliphatic rings. The predicted octanol–water partition coefficient (Wildman–Crippen LogP) is 4.05. The third-order valence-electron chi connectivity index (χ3n) is 6.07. The van der Waals surface area contributed by atoms with Crippen molar-refractivity contribution in [1.29, 1.82) is 5.26 Å². The molecular formula is C23H21N5O. The van der Waals surface area contributed by atoms with E-state index in [0.29, 0.717) is 29.4 Å². The molecule has 1 saturated carbocycles. The first-order chi connectivity index (χ1) is 14.1. The summed E-state index contributed by atoms with van der Waals surface area (Å²) in [4.78, 5) is 14.5. The molecule has 0 radical (unpaired) electrons. The molecule has 1 aromatic heterocycles. The van der Waals surface area contributed by atoms with E-state index in [0.717, 1.165) is 27.6 Å². The first kappa shape index (κ1) is 17.5. The summed E-state index contributed by atoms with van der Waals surface area (Å²) in [6.45, 7) is 4.35. The van der Waals surface area contributed by atoms with Gasteiger partial charge in [0.05, 0.1) is 35.9 Å². The van der Waals surface area contributed by atoms with Crippen molar-refractivity contribution in [3.8, 4) is 17.2 Å². The van der Waals surface area contributed by atoms with E-state index < -0.39 is 0 Å². The summed E-state index contributed by atoms with van der Waals surface area (Å²) in [7, 11) is 0. The quantitative estimate of drug-likeness (QED) is 0.544. The lowest BCUT2D eigenvalue weighted by molar-refractivity contribution is 0.0794. The number of hydrogen-bond donors (Lipinski definition) is 1. The Balaban J connectivity index is 1.59. The summed E-state index contributed by atoms with van der Waals surface area (Å²) in [6, 6.07) is 12.6. The van der Waals surface area contributed by atoms with Crippen LogP contribution in [0.25, 0.3) is 22.0 Å². The van der Waals surface area contributed by atoms with Crippen LogP contribution in [0.1, 0.15) is 41.2 Å². The average molecular weight is 383 g/mol. The zero-order chi connectivity index (χ0) is 20.1. The van der Waals surface area contributed by atoms with Gasteiger partial charge in [0, 0.05) is 23.2 Å². The van der Waals surface area contributed by atoms with Gasteiger partial charge in [0.25, 0.3) is 5.91 Å². The molecule has 1 aliphatic heterocycles. The molecule has 6 nitrogen and oxygen atoms in total. The fourth-order valence-electron chi connectivity index (χ4n) is 4.30. The minimum absolute atomic E-state index is 0.142. The molecule has 5 rings (SSSR count). The maximum absolute atomic E-state index is 12.9. The van der Waals surface area contributed by atoms with E-state index in [1.807, 2.05) is 18.3 Å². The minimum Gasteiger partial charge on any atom is -0.398 e. The van der Waals surface area contributed by atoms with Crippen molar-refractivity contribution < 1.29 is 4.79 Å². The van der Waals surface area contributed by atoms with E-state index in [4.69, 9.17) is 11.0 Å². The highest BCUT2D eigenvalue weighted by atomic mass is 16.2. The van der Waals surface area contributed by atoms with Crippen molar-refractivity contribution in [2.75, 3.05) is 12.3 Å². The van der Waals surface area contributed by atoms with Gasteiger partial charge in [-0.15, -0.1) is 0 Å². The molecule has 6 heteroatoms. The summed E-state index contributed by atoms with van der Waals surface area (Å²) in [6.07, 6.45) is 5.52. The molecule has 0 unspecified atom stereocenters. The van der Waals surface area contributed by atoms with Crippen LogP contribution in [0, 0.1) is 11.3 Å². The Morgan fingerprint density at radius 2 is 2.14 bits per heavy atom. The van der Waals surface area contributed by atoms with Gasteiger partial charge in [-0.25, -0.2) is 0 Å². The topological polar surface area (TPSA) is 87.9 Å². The van der Waals surface area contributed by atoms with E-state index in [1.54, 1.807) is 11.0 Å². The van der Waals surface area contributed by atoms with Crippen LogP contribution in [0.5, 0.6) is 0 Å². The highest BCUT2D eigenvalue weighted by Crippen LogP contribution is 2.38. The molecule has 29 heavy (non-hydrogen) atoms. The Morgan fingerprint density at radius 1 is 1.31 bits per heavy atom. The van der Waals surface area contributed by atoms with Crippen molar-refractivity contribution in [2.45, 2.75) is 31.8 Å². The molecular weight excluding hydrogens is 362 g/mol. The van der Waals surface area contributed by atoms with Gasteiger partial charge in [-0.3, -0.25) is 9.48 Å². The van der Waals surface area contributed by atoms with Gasteiger partial charge < -0.3 is 10.6 Å². The number of carbonyl (C=O) groups is 1. The maximum Gasteiger partial charge on any atom is 0.256 e. The Morgan fingerprint density at radius 3 is 2.86 bits per heavy atom. The van der Waals surface area contributed by atoms with Crippen LogP contribution in [0.2, 0.25) is 0 Å². The van der Waals surface area contributed by atoms with Crippen LogP contribution < -0.4 is 5.73 Å². The second kappa shape index (κ2) is 6.49. The van der Waals surface area contributed by atoms with Crippen LogP contribution in [0.15, 0.2) is 48.7 Å². The summed E-state index contributed by atoms with van der Waals surface area (Å²) >= 11 is 0. The molecule has 144 valence electrons. The lowest BCUT2D eigenvalue weighted by Crippen LogP contribution is -2.26. The van der Waals surface area contributed by atoms with Gasteiger partial charge in [0.1, 0.15) is 0 Å². The van der Waals surface area contributed by atoms with E-state index in [1.165, 1.54) is 19.3 Å². The van der Waals surface area contributed by atoms with Crippen LogP contribution >= 0.6 is 0 Å². The summed E-state index contributed by atoms with van der Waals surface area (Å²) < 4.78 is 2.13. The molecule has 3 aromatic rings. The predicted molar refractivity (Wildman–Crippen MR) is 112 cm³/mol. The van der Waals surface area contributed by atoms with Gasteiger partial charge in [-0.1, -0.05) is 24.8 Å². The Bertz CT molecular complexity index is 1210. The lowest BCUT2D eigenvalue weighted by Gasteiger charge is -2.26. The molecule has 2 heterocycles. The van der Waals surface area contributed by atoms with Crippen molar-refractivity contribution in [2.24, 2.45) is 0 Å². The van der Waals surface area contributed by atoms with Crippen LogP contribution in [-0.4, -0.2) is 27.1 Å². The summed E-state index contributed by atoms with van der Waals surface area (Å²) in [5.74, 6) is -0.142. The average Bonchev–Trinajstić information content (AvgIpc) is 3.23. The zero-order valence-electron chi connectivity index (χ0n) is 16.1. The lowest BCUT2D eigenvalue weighted by atomic mass is 9.92. The molecule has 1 aliphatic carbocycles. The standard InChI is InChI=1S/C23H21N5O/c1-14(10-24)12-27-13-19-18(7-8-20(25)22(19)23(27)29)15-5-6-16-11-26-28(21(16)9-15)17-3-2-4-17/h5-9,11,17H,1-4,12-13,25H2. The Labute approximate surface area is 168 Å². The van der Waals surface area contributed by atoms with Gasteiger partial charge in [-0.05, 0) is 48.1 Å². The number of anilines is 1. The number of rotatable bonds is 4. The molecule has 0 spiro atoms. The first-order valence-electron chi connectivity index (χ1n) is 9.83. The maximum atomic E-state index is 12.9. The molecule has 0 bridgehead atoms. The number of fused-ring (bicyclic) bond motifs is 2. The number of amides is 1. The van der Waals surface area contributed by atoms with Crippen molar-refractivity contribution in [1.82, 2.24) is 14.7 Å². The largest absolute Gasteiger partial charge is 0.398 e. The first-order valence-corrected chi connectivity index (χ1v) is 9.83. The van der Waals surface area contributed by atoms with Gasteiger partial charge in [0.15, 0.2) is 0 Å². The smallest absolute Gasteiger partial charge is 0.256 e. The third kappa shape index (κ3) is 2.70. The highest BCUT2D eigenvalue weighted by molar-refractivity contribution is 6.05. The van der Waals surface area contributed by atoms with Gasteiger partial charge in [0.2, 0.25) is 0 Å². The number of nitrogen functional groups attached to an aromatic ring is 1. The van der Waals surface area contributed by atoms with Crippen molar-refractivity contribution in [3.05, 3.63) is 59.8 Å². The number of nitriles is 1. The Hall–Kier alpha value is -3.59. The van der Waals surface area contributed by atoms with Crippen LogP contribution in [0.3, 0.4) is 0 Å². The number of nitrogens with zero attached hydrogens (tertiary/aromatic N) is 4.